The number of thiophene rings is 1. The Hall–Kier alpha value is -1.66. The molecule has 21 heavy (non-hydrogen) atoms. The maximum absolute atomic E-state index is 12.1. The predicted octanol–water partition coefficient (Wildman–Crippen LogP) is 4.31. The van der Waals surface area contributed by atoms with Crippen LogP contribution < -0.4 is 5.32 Å². The molecule has 0 radical (unpaired) electrons. The van der Waals surface area contributed by atoms with Gasteiger partial charge in [0.1, 0.15) is 10.6 Å². The first-order valence-electron chi connectivity index (χ1n) is 6.32. The average molecular weight is 368 g/mol. The van der Waals surface area contributed by atoms with Crippen LogP contribution in [0.2, 0.25) is 0 Å². The molecule has 2 aromatic rings. The second-order valence-electron chi connectivity index (χ2n) is 4.25. The number of amides is 1. The quantitative estimate of drug-likeness (QED) is 0.818. The van der Waals surface area contributed by atoms with Gasteiger partial charge in [-0.3, -0.25) is 4.79 Å². The summed E-state index contributed by atoms with van der Waals surface area (Å²) >= 11 is 4.70. The van der Waals surface area contributed by atoms with E-state index in [0.29, 0.717) is 17.0 Å². The zero-order chi connectivity index (χ0) is 15.4. The fourth-order valence-electron chi connectivity index (χ4n) is 1.81. The van der Waals surface area contributed by atoms with Crippen molar-refractivity contribution in [3.8, 4) is 11.1 Å². The first-order chi connectivity index (χ1) is 10.1. The van der Waals surface area contributed by atoms with Crippen LogP contribution in [0.15, 0.2) is 34.1 Å². The molecule has 110 valence electrons. The molecule has 2 rings (SSSR count). The van der Waals surface area contributed by atoms with Crippen LogP contribution in [0.4, 0.5) is 5.00 Å². The normalized spacial score (nSPS) is 10.2. The first kappa shape index (κ1) is 15.7. The lowest BCUT2D eigenvalue weighted by molar-refractivity contribution is -0.115. The average Bonchev–Trinajstić information content (AvgIpc) is 2.90. The van der Waals surface area contributed by atoms with Crippen molar-refractivity contribution in [2.45, 2.75) is 13.3 Å². The third-order valence-corrected chi connectivity index (χ3v) is 4.33. The van der Waals surface area contributed by atoms with Crippen LogP contribution in [0, 0.1) is 0 Å². The number of rotatable bonds is 4. The van der Waals surface area contributed by atoms with E-state index in [4.69, 9.17) is 4.74 Å². The topological polar surface area (TPSA) is 55.4 Å². The summed E-state index contributed by atoms with van der Waals surface area (Å²) in [6, 6.07) is 7.62. The molecule has 0 spiro atoms. The molecule has 0 bridgehead atoms. The van der Waals surface area contributed by atoms with Crippen molar-refractivity contribution in [3.05, 3.63) is 39.7 Å². The highest BCUT2D eigenvalue weighted by Gasteiger charge is 2.21. The van der Waals surface area contributed by atoms with Crippen molar-refractivity contribution in [1.29, 1.82) is 0 Å². The summed E-state index contributed by atoms with van der Waals surface area (Å²) in [7, 11) is 1.33. The minimum atomic E-state index is -0.458. The molecule has 4 nitrogen and oxygen atoms in total. The molecule has 1 aromatic carbocycles. The van der Waals surface area contributed by atoms with Crippen LogP contribution in [0.3, 0.4) is 0 Å². The number of hydrogen-bond acceptors (Lipinski definition) is 4. The number of hydrogen-bond donors (Lipinski definition) is 1. The molecule has 6 heteroatoms. The van der Waals surface area contributed by atoms with Gasteiger partial charge in [-0.15, -0.1) is 11.3 Å². The Morgan fingerprint density at radius 3 is 2.52 bits per heavy atom. The molecule has 0 unspecified atom stereocenters. The summed E-state index contributed by atoms with van der Waals surface area (Å²) < 4.78 is 5.80. The number of ether oxygens (including phenoxy) is 1. The van der Waals surface area contributed by atoms with Gasteiger partial charge in [-0.25, -0.2) is 4.79 Å². The number of carbonyl (C=O) groups is 2. The van der Waals surface area contributed by atoms with E-state index in [9.17, 15) is 9.59 Å². The molecular weight excluding hydrogens is 354 g/mol. The third kappa shape index (κ3) is 3.51. The third-order valence-electron chi connectivity index (χ3n) is 2.91. The van der Waals surface area contributed by atoms with E-state index < -0.39 is 5.97 Å². The van der Waals surface area contributed by atoms with Crippen molar-refractivity contribution in [3.63, 3.8) is 0 Å². The molecule has 0 fully saturated rings. The van der Waals surface area contributed by atoms with Gasteiger partial charge in [0.2, 0.25) is 5.91 Å². The lowest BCUT2D eigenvalue weighted by atomic mass is 10.0. The number of esters is 1. The van der Waals surface area contributed by atoms with Crippen LogP contribution in [-0.4, -0.2) is 19.0 Å². The molecule has 0 aliphatic carbocycles. The van der Waals surface area contributed by atoms with E-state index in [-0.39, 0.29) is 5.91 Å². The van der Waals surface area contributed by atoms with Gasteiger partial charge in [-0.05, 0) is 17.7 Å². The van der Waals surface area contributed by atoms with Gasteiger partial charge in [0, 0.05) is 21.8 Å². The molecule has 0 saturated heterocycles. The summed E-state index contributed by atoms with van der Waals surface area (Å²) in [6.07, 6.45) is 0.353. The van der Waals surface area contributed by atoms with Crippen LogP contribution in [0.1, 0.15) is 23.7 Å². The highest BCUT2D eigenvalue weighted by Crippen LogP contribution is 2.36. The fraction of sp³-hybridized carbons (Fsp3) is 0.200. The van der Waals surface area contributed by atoms with Gasteiger partial charge in [-0.2, -0.15) is 0 Å². The Morgan fingerprint density at radius 2 is 1.95 bits per heavy atom. The second-order valence-corrected chi connectivity index (χ2v) is 6.05. The lowest BCUT2D eigenvalue weighted by Crippen LogP contribution is -2.12. The van der Waals surface area contributed by atoms with Crippen molar-refractivity contribution < 1.29 is 14.3 Å². The van der Waals surface area contributed by atoms with Gasteiger partial charge in [0.15, 0.2) is 0 Å². The van der Waals surface area contributed by atoms with Crippen molar-refractivity contribution in [2.24, 2.45) is 0 Å². The minimum absolute atomic E-state index is 0.135. The van der Waals surface area contributed by atoms with E-state index >= 15 is 0 Å². The Balaban J connectivity index is 2.48. The number of halogens is 1. The molecule has 0 aliphatic rings. The molecule has 0 aliphatic heterocycles. The zero-order valence-electron chi connectivity index (χ0n) is 11.6. The van der Waals surface area contributed by atoms with Gasteiger partial charge in [0.25, 0.3) is 0 Å². The Morgan fingerprint density at radius 1 is 1.29 bits per heavy atom. The van der Waals surface area contributed by atoms with Crippen molar-refractivity contribution in [2.75, 3.05) is 12.4 Å². The number of anilines is 1. The summed E-state index contributed by atoms with van der Waals surface area (Å²) in [5.41, 5.74) is 2.05. The minimum Gasteiger partial charge on any atom is -0.465 e. The van der Waals surface area contributed by atoms with Gasteiger partial charge < -0.3 is 10.1 Å². The molecule has 1 N–H and O–H groups in total. The second kappa shape index (κ2) is 6.87. The van der Waals surface area contributed by atoms with Crippen LogP contribution in [0.5, 0.6) is 0 Å². The smallest absolute Gasteiger partial charge is 0.341 e. The van der Waals surface area contributed by atoms with Crippen molar-refractivity contribution in [1.82, 2.24) is 0 Å². The predicted molar refractivity (Wildman–Crippen MR) is 87.7 cm³/mol. The van der Waals surface area contributed by atoms with Crippen LogP contribution in [-0.2, 0) is 9.53 Å². The van der Waals surface area contributed by atoms with Crippen molar-refractivity contribution >= 4 is 44.1 Å². The summed E-state index contributed by atoms with van der Waals surface area (Å²) in [4.78, 5) is 23.6. The molecular formula is C15H14BrNO3S. The lowest BCUT2D eigenvalue weighted by Gasteiger charge is -2.07. The number of carbonyl (C=O) groups excluding carboxylic acids is 2. The summed E-state index contributed by atoms with van der Waals surface area (Å²) in [6.45, 7) is 1.76. The van der Waals surface area contributed by atoms with Gasteiger partial charge in [0.05, 0.1) is 7.11 Å². The molecule has 0 saturated carbocycles. The first-order valence-corrected chi connectivity index (χ1v) is 7.99. The molecule has 1 aromatic heterocycles. The Labute approximate surface area is 135 Å². The van der Waals surface area contributed by atoms with E-state index in [2.05, 4.69) is 21.2 Å². The van der Waals surface area contributed by atoms with Crippen LogP contribution >= 0.6 is 27.3 Å². The van der Waals surface area contributed by atoms with E-state index in [1.807, 2.05) is 29.6 Å². The largest absolute Gasteiger partial charge is 0.465 e. The highest BCUT2D eigenvalue weighted by atomic mass is 79.9. The number of benzene rings is 1. The summed E-state index contributed by atoms with van der Waals surface area (Å²) in [5, 5.41) is 5.11. The number of methoxy groups -OCH3 is 1. The Bertz CT molecular complexity index is 664. The monoisotopic (exact) mass is 367 g/mol. The molecule has 1 heterocycles. The zero-order valence-corrected chi connectivity index (χ0v) is 14.0. The van der Waals surface area contributed by atoms with E-state index in [1.54, 1.807) is 6.92 Å². The SMILES string of the molecule is CCC(=O)Nc1scc(-c2ccc(Br)cc2)c1C(=O)OC. The van der Waals surface area contributed by atoms with E-state index in [1.165, 1.54) is 18.4 Å². The maximum atomic E-state index is 12.1. The van der Waals surface area contributed by atoms with Crippen LogP contribution in [0.25, 0.3) is 11.1 Å². The van der Waals surface area contributed by atoms with E-state index in [0.717, 1.165) is 15.6 Å². The van der Waals surface area contributed by atoms with Gasteiger partial charge >= 0.3 is 5.97 Å². The maximum Gasteiger partial charge on any atom is 0.341 e. The van der Waals surface area contributed by atoms with Gasteiger partial charge in [-0.1, -0.05) is 35.0 Å². The fourth-order valence-corrected chi connectivity index (χ4v) is 3.05. The Kier molecular flexibility index (Phi) is 5.14. The highest BCUT2D eigenvalue weighted by molar-refractivity contribution is 9.10. The summed E-state index contributed by atoms with van der Waals surface area (Å²) in [5.74, 6) is -0.593. The molecule has 1 amide bonds. The molecule has 0 atom stereocenters. The number of nitrogens with one attached hydrogen (secondary N) is 1. The standard InChI is InChI=1S/C15H14BrNO3S/c1-3-12(18)17-14-13(15(19)20-2)11(8-21-14)9-4-6-10(16)7-5-9/h4-8H,3H2,1-2H3,(H,17,18).